The number of esters is 1. The zero-order chi connectivity index (χ0) is 12.8. The third kappa shape index (κ3) is 4.26. The SMILES string of the molecule is CCOC(=O)CC#Cc1cc(F)c(Cl)c(Cl)c1. The van der Waals surface area contributed by atoms with Crippen molar-refractivity contribution in [1.82, 2.24) is 0 Å². The van der Waals surface area contributed by atoms with E-state index in [0.29, 0.717) is 12.2 Å². The normalized spacial score (nSPS) is 9.41. The van der Waals surface area contributed by atoms with Gasteiger partial charge in [0.05, 0.1) is 16.7 Å². The maximum atomic E-state index is 13.2. The molecule has 0 aromatic heterocycles. The van der Waals surface area contributed by atoms with E-state index in [9.17, 15) is 9.18 Å². The Kier molecular flexibility index (Phi) is 5.27. The van der Waals surface area contributed by atoms with Crippen molar-refractivity contribution < 1.29 is 13.9 Å². The average molecular weight is 275 g/mol. The van der Waals surface area contributed by atoms with Crippen LogP contribution < -0.4 is 0 Å². The summed E-state index contributed by atoms with van der Waals surface area (Å²) in [6.45, 7) is 2.02. The minimum atomic E-state index is -0.639. The molecule has 0 amide bonds. The first-order valence-corrected chi connectivity index (χ1v) is 5.59. The Morgan fingerprint density at radius 1 is 1.47 bits per heavy atom. The first-order chi connectivity index (χ1) is 8.04. The highest BCUT2D eigenvalue weighted by atomic mass is 35.5. The lowest BCUT2D eigenvalue weighted by Crippen LogP contribution is -2.01. The molecule has 0 fully saturated rings. The Morgan fingerprint density at radius 3 is 2.76 bits per heavy atom. The highest BCUT2D eigenvalue weighted by molar-refractivity contribution is 6.42. The van der Waals surface area contributed by atoms with Gasteiger partial charge in [0.1, 0.15) is 12.2 Å². The first-order valence-electron chi connectivity index (χ1n) is 4.83. The van der Waals surface area contributed by atoms with Gasteiger partial charge in [-0.1, -0.05) is 35.0 Å². The minimum Gasteiger partial charge on any atom is -0.465 e. The summed E-state index contributed by atoms with van der Waals surface area (Å²) >= 11 is 11.2. The lowest BCUT2D eigenvalue weighted by atomic mass is 10.2. The van der Waals surface area contributed by atoms with E-state index in [1.807, 2.05) is 0 Å². The van der Waals surface area contributed by atoms with Crippen LogP contribution in [0.5, 0.6) is 0 Å². The zero-order valence-electron chi connectivity index (χ0n) is 9.02. The molecule has 0 radical (unpaired) electrons. The number of hydrogen-bond acceptors (Lipinski definition) is 2. The second-order valence-electron chi connectivity index (χ2n) is 3.04. The molecule has 1 aromatic rings. The standard InChI is InChI=1S/C12H9Cl2FO2/c1-2-17-11(16)5-3-4-8-6-9(13)12(14)10(15)7-8/h6-7H,2,5H2,1H3. The number of halogens is 3. The Balaban J connectivity index is 2.76. The molecular weight excluding hydrogens is 266 g/mol. The molecule has 5 heteroatoms. The number of carbonyl (C=O) groups is 1. The summed E-state index contributed by atoms with van der Waals surface area (Å²) in [6, 6.07) is 2.59. The molecule has 0 heterocycles. The monoisotopic (exact) mass is 274 g/mol. The van der Waals surface area contributed by atoms with Crippen LogP contribution in [0.1, 0.15) is 18.9 Å². The lowest BCUT2D eigenvalue weighted by molar-refractivity contribution is -0.141. The zero-order valence-corrected chi connectivity index (χ0v) is 10.5. The smallest absolute Gasteiger partial charge is 0.317 e. The van der Waals surface area contributed by atoms with Crippen molar-refractivity contribution in [3.8, 4) is 11.8 Å². The van der Waals surface area contributed by atoms with E-state index in [2.05, 4.69) is 16.6 Å². The molecule has 0 saturated heterocycles. The summed E-state index contributed by atoms with van der Waals surface area (Å²) in [6.07, 6.45) is -0.0459. The van der Waals surface area contributed by atoms with Gasteiger partial charge in [0.2, 0.25) is 0 Å². The molecule has 2 nitrogen and oxygen atoms in total. The van der Waals surface area contributed by atoms with Gasteiger partial charge in [0.15, 0.2) is 0 Å². The molecule has 1 aromatic carbocycles. The molecule has 0 saturated carbocycles. The highest BCUT2D eigenvalue weighted by Gasteiger charge is 2.05. The quantitative estimate of drug-likeness (QED) is 0.469. The van der Waals surface area contributed by atoms with Crippen LogP contribution in [0.4, 0.5) is 4.39 Å². The van der Waals surface area contributed by atoms with Gasteiger partial charge in [-0.05, 0) is 19.1 Å². The van der Waals surface area contributed by atoms with Gasteiger partial charge in [-0.2, -0.15) is 0 Å². The molecular formula is C12H9Cl2FO2. The Bertz CT molecular complexity index is 466. The highest BCUT2D eigenvalue weighted by Crippen LogP contribution is 2.25. The van der Waals surface area contributed by atoms with Gasteiger partial charge in [0, 0.05) is 5.56 Å². The molecule has 90 valence electrons. The summed E-state index contributed by atoms with van der Waals surface area (Å²) in [7, 11) is 0. The molecule has 0 aliphatic rings. The maximum Gasteiger partial charge on any atom is 0.317 e. The summed E-state index contributed by atoms with van der Waals surface area (Å²) in [5.74, 6) is 4.12. The summed E-state index contributed by atoms with van der Waals surface area (Å²) in [5.41, 5.74) is 0.362. The van der Waals surface area contributed by atoms with Crippen molar-refractivity contribution in [2.24, 2.45) is 0 Å². The van der Waals surface area contributed by atoms with Crippen LogP contribution in [0, 0.1) is 17.7 Å². The number of benzene rings is 1. The van der Waals surface area contributed by atoms with E-state index in [-0.39, 0.29) is 16.5 Å². The van der Waals surface area contributed by atoms with E-state index >= 15 is 0 Å². The van der Waals surface area contributed by atoms with Gasteiger partial charge in [-0.25, -0.2) is 4.39 Å². The maximum absolute atomic E-state index is 13.2. The van der Waals surface area contributed by atoms with Gasteiger partial charge in [-0.3, -0.25) is 4.79 Å². The van der Waals surface area contributed by atoms with E-state index < -0.39 is 11.8 Å². The van der Waals surface area contributed by atoms with Crippen molar-refractivity contribution >= 4 is 29.2 Å². The topological polar surface area (TPSA) is 26.3 Å². The molecule has 0 N–H and O–H groups in total. The van der Waals surface area contributed by atoms with Crippen molar-refractivity contribution in [2.75, 3.05) is 6.61 Å². The number of carbonyl (C=O) groups excluding carboxylic acids is 1. The molecule has 0 spiro atoms. The number of rotatable bonds is 2. The fourth-order valence-corrected chi connectivity index (χ4v) is 1.38. The van der Waals surface area contributed by atoms with Crippen molar-refractivity contribution in [2.45, 2.75) is 13.3 Å². The molecule has 1 rings (SSSR count). The van der Waals surface area contributed by atoms with Crippen molar-refractivity contribution in [3.63, 3.8) is 0 Å². The van der Waals surface area contributed by atoms with E-state index in [1.165, 1.54) is 6.07 Å². The second kappa shape index (κ2) is 6.48. The largest absolute Gasteiger partial charge is 0.465 e. The molecule has 17 heavy (non-hydrogen) atoms. The van der Waals surface area contributed by atoms with Crippen LogP contribution in [0.3, 0.4) is 0 Å². The van der Waals surface area contributed by atoms with Crippen LogP contribution in [0.25, 0.3) is 0 Å². The van der Waals surface area contributed by atoms with Crippen LogP contribution in [-0.4, -0.2) is 12.6 Å². The van der Waals surface area contributed by atoms with Crippen LogP contribution in [0.2, 0.25) is 10.0 Å². The molecule has 0 atom stereocenters. The fraction of sp³-hybridized carbons (Fsp3) is 0.250. The van der Waals surface area contributed by atoms with Crippen LogP contribution in [-0.2, 0) is 9.53 Å². The lowest BCUT2D eigenvalue weighted by Gasteiger charge is -1.98. The minimum absolute atomic E-state index is 0.0459. The predicted octanol–water partition coefficient (Wildman–Crippen LogP) is 3.44. The van der Waals surface area contributed by atoms with Gasteiger partial charge in [0.25, 0.3) is 0 Å². The second-order valence-corrected chi connectivity index (χ2v) is 3.82. The van der Waals surface area contributed by atoms with Gasteiger partial charge >= 0.3 is 5.97 Å². The molecule has 0 aliphatic heterocycles. The third-order valence-corrected chi connectivity index (χ3v) is 2.53. The molecule has 0 unspecified atom stereocenters. The number of hydrogen-bond donors (Lipinski definition) is 0. The first kappa shape index (κ1) is 13.8. The molecule has 0 aliphatic carbocycles. The third-order valence-electron chi connectivity index (χ3n) is 1.75. The Labute approximate surface area is 109 Å². The predicted molar refractivity (Wildman–Crippen MR) is 64.5 cm³/mol. The summed E-state index contributed by atoms with van der Waals surface area (Å²) in [4.78, 5) is 11.0. The van der Waals surface area contributed by atoms with E-state index in [0.717, 1.165) is 6.07 Å². The van der Waals surface area contributed by atoms with E-state index in [4.69, 9.17) is 23.2 Å². The summed E-state index contributed by atoms with van der Waals surface area (Å²) in [5, 5.41) is -0.0466. The van der Waals surface area contributed by atoms with Gasteiger partial charge in [-0.15, -0.1) is 0 Å². The number of ether oxygens (including phenoxy) is 1. The Morgan fingerprint density at radius 2 is 2.18 bits per heavy atom. The average Bonchev–Trinajstić information content (AvgIpc) is 2.26. The fourth-order valence-electron chi connectivity index (χ4n) is 1.06. The van der Waals surface area contributed by atoms with Crippen LogP contribution in [0.15, 0.2) is 12.1 Å². The van der Waals surface area contributed by atoms with Crippen LogP contribution >= 0.6 is 23.2 Å². The van der Waals surface area contributed by atoms with Crippen molar-refractivity contribution in [1.29, 1.82) is 0 Å². The molecule has 0 bridgehead atoms. The van der Waals surface area contributed by atoms with Crippen molar-refractivity contribution in [3.05, 3.63) is 33.6 Å². The van der Waals surface area contributed by atoms with Gasteiger partial charge < -0.3 is 4.74 Å². The summed E-state index contributed by atoms with van der Waals surface area (Å²) < 4.78 is 17.9. The Hall–Kier alpha value is -1.24. The van der Waals surface area contributed by atoms with E-state index in [1.54, 1.807) is 6.92 Å².